The highest BCUT2D eigenvalue weighted by Crippen LogP contribution is 2.45. The maximum absolute atomic E-state index is 12.1. The number of aryl methyl sites for hydroxylation is 2. The molecule has 0 radical (unpaired) electrons. The first-order valence-electron chi connectivity index (χ1n) is 9.15. The quantitative estimate of drug-likeness (QED) is 0.571. The largest absolute Gasteiger partial charge is 0.465 e. The van der Waals surface area contributed by atoms with Crippen molar-refractivity contribution in [2.24, 2.45) is 7.05 Å². The molecule has 1 fully saturated rings. The highest BCUT2D eigenvalue weighted by atomic mass is 16.5. The number of fused-ring (bicyclic) bond motifs is 1. The van der Waals surface area contributed by atoms with Gasteiger partial charge in [0.2, 0.25) is 0 Å². The molecule has 3 aromatic rings. The van der Waals surface area contributed by atoms with Crippen LogP contribution >= 0.6 is 0 Å². The van der Waals surface area contributed by atoms with Crippen LogP contribution in [0.25, 0.3) is 22.4 Å². The average Bonchev–Trinajstić information content (AvgIpc) is 3.42. The zero-order valence-corrected chi connectivity index (χ0v) is 16.1. The van der Waals surface area contributed by atoms with Gasteiger partial charge in [-0.1, -0.05) is 19.9 Å². The number of carbonyl (C=O) groups excluding carboxylic acids is 1. The second-order valence-electron chi connectivity index (χ2n) is 6.51. The van der Waals surface area contributed by atoms with Gasteiger partial charge in [0.05, 0.1) is 12.7 Å². The molecule has 1 N–H and O–H groups in total. The van der Waals surface area contributed by atoms with E-state index < -0.39 is 0 Å². The summed E-state index contributed by atoms with van der Waals surface area (Å²) in [5, 5.41) is 0. The van der Waals surface area contributed by atoms with Crippen molar-refractivity contribution in [3.05, 3.63) is 47.3 Å². The van der Waals surface area contributed by atoms with Crippen LogP contribution in [0.3, 0.4) is 0 Å². The van der Waals surface area contributed by atoms with Crippen molar-refractivity contribution in [3.8, 4) is 11.4 Å². The van der Waals surface area contributed by atoms with Gasteiger partial charge in [0.1, 0.15) is 23.9 Å². The number of pyridine rings is 1. The highest BCUT2D eigenvalue weighted by molar-refractivity contribution is 5.93. The number of imidazole rings is 1. The number of nitrogens with zero attached hydrogens (tertiary/aromatic N) is 2. The van der Waals surface area contributed by atoms with E-state index in [2.05, 4.69) is 11.1 Å². The smallest absolute Gasteiger partial charge is 0.338 e. The predicted octanol–water partition coefficient (Wildman–Crippen LogP) is 4.05. The van der Waals surface area contributed by atoms with Crippen molar-refractivity contribution in [2.75, 3.05) is 7.11 Å². The lowest BCUT2D eigenvalue weighted by Crippen LogP contribution is -2.25. The first-order chi connectivity index (χ1) is 12.6. The minimum atomic E-state index is -0.307. The Balaban J connectivity index is 0.000000948. The van der Waals surface area contributed by atoms with E-state index in [1.165, 1.54) is 25.5 Å². The molecule has 1 aliphatic carbocycles. The molecule has 1 aromatic carbocycles. The summed E-state index contributed by atoms with van der Waals surface area (Å²) in [4.78, 5) is 20.2. The summed E-state index contributed by atoms with van der Waals surface area (Å²) in [6.45, 7) is 5.96. The van der Waals surface area contributed by atoms with Crippen molar-refractivity contribution in [2.45, 2.75) is 39.5 Å². The molecule has 136 valence electrons. The van der Waals surface area contributed by atoms with Crippen LogP contribution in [0.2, 0.25) is 0 Å². The molecule has 0 bridgehead atoms. The van der Waals surface area contributed by atoms with Crippen molar-refractivity contribution in [1.82, 2.24) is 9.97 Å². The summed E-state index contributed by atoms with van der Waals surface area (Å²) in [5.74, 6) is 1.07. The van der Waals surface area contributed by atoms with Crippen molar-refractivity contribution < 1.29 is 14.1 Å². The first kappa shape index (κ1) is 18.1. The second-order valence-corrected chi connectivity index (χ2v) is 6.51. The second kappa shape index (κ2) is 7.28. The molecule has 0 aliphatic heterocycles. The van der Waals surface area contributed by atoms with E-state index in [-0.39, 0.29) is 5.97 Å². The van der Waals surface area contributed by atoms with Crippen LogP contribution < -0.4 is 4.57 Å². The maximum atomic E-state index is 12.1. The highest BCUT2D eigenvalue weighted by Gasteiger charge is 2.29. The molecule has 5 nitrogen and oxygen atoms in total. The Bertz CT molecular complexity index is 955. The minimum absolute atomic E-state index is 0.307. The Morgan fingerprint density at radius 3 is 2.69 bits per heavy atom. The number of benzene rings is 1. The van der Waals surface area contributed by atoms with Crippen LogP contribution in [0.1, 0.15) is 54.1 Å². The zero-order chi connectivity index (χ0) is 18.8. The van der Waals surface area contributed by atoms with Gasteiger partial charge >= 0.3 is 5.97 Å². The van der Waals surface area contributed by atoms with E-state index in [0.29, 0.717) is 11.5 Å². The van der Waals surface area contributed by atoms with Gasteiger partial charge in [0.15, 0.2) is 12.4 Å². The number of H-pyrrole nitrogens is 1. The van der Waals surface area contributed by atoms with Gasteiger partial charge in [-0.2, -0.15) is 0 Å². The fraction of sp³-hybridized carbons (Fsp3) is 0.381. The van der Waals surface area contributed by atoms with Crippen LogP contribution in [-0.2, 0) is 11.8 Å². The number of hydrogen-bond donors (Lipinski definition) is 1. The third-order valence-corrected chi connectivity index (χ3v) is 4.64. The van der Waals surface area contributed by atoms with Crippen LogP contribution in [0, 0.1) is 6.92 Å². The van der Waals surface area contributed by atoms with Crippen LogP contribution in [0.15, 0.2) is 30.6 Å². The summed E-state index contributed by atoms with van der Waals surface area (Å²) in [5.41, 5.74) is 5.73. The number of aromatic amines is 1. The molecule has 5 heteroatoms. The molecule has 2 aromatic heterocycles. The molecule has 1 saturated carbocycles. The van der Waals surface area contributed by atoms with E-state index >= 15 is 0 Å². The summed E-state index contributed by atoms with van der Waals surface area (Å²) < 4.78 is 6.91. The molecular formula is C21H26N3O2+. The van der Waals surface area contributed by atoms with E-state index in [9.17, 15) is 4.79 Å². The van der Waals surface area contributed by atoms with Crippen molar-refractivity contribution in [1.29, 1.82) is 0 Å². The zero-order valence-electron chi connectivity index (χ0n) is 16.1. The maximum Gasteiger partial charge on any atom is 0.338 e. The summed E-state index contributed by atoms with van der Waals surface area (Å²) >= 11 is 0. The Labute approximate surface area is 154 Å². The van der Waals surface area contributed by atoms with Gasteiger partial charge in [0.25, 0.3) is 0 Å². The molecule has 4 rings (SSSR count). The summed E-state index contributed by atoms with van der Waals surface area (Å²) in [7, 11) is 3.40. The summed E-state index contributed by atoms with van der Waals surface area (Å²) in [6.07, 6.45) is 6.38. The molecule has 0 atom stereocenters. The molecule has 0 saturated heterocycles. The first-order valence-corrected chi connectivity index (χ1v) is 9.15. The van der Waals surface area contributed by atoms with Crippen molar-refractivity contribution in [3.63, 3.8) is 0 Å². The van der Waals surface area contributed by atoms with Gasteiger partial charge in [0, 0.05) is 11.6 Å². The standard InChI is InChI=1S/C19H19N3O2.C2H6/c1-11-8-14(12-4-5-12)15(9-13(11)19(23)24-3)18-20-16-6-7-22(2)10-17(16)21-18;1-2/h6-10,12H,4-5H2,1-3H3;1-2H3/p+1. The number of esters is 1. The van der Waals surface area contributed by atoms with Gasteiger partial charge in [-0.25, -0.2) is 14.3 Å². The van der Waals surface area contributed by atoms with Gasteiger partial charge in [-0.15, -0.1) is 0 Å². The van der Waals surface area contributed by atoms with Gasteiger partial charge < -0.3 is 9.72 Å². The molecule has 0 amide bonds. The van der Waals surface area contributed by atoms with E-state index in [4.69, 9.17) is 9.72 Å². The minimum Gasteiger partial charge on any atom is -0.465 e. The SMILES string of the molecule is CC.COC(=O)c1cc(-c2nc3cc[n+](C)cc3[nH]2)c(C2CC2)cc1C. The number of aromatic nitrogens is 3. The normalized spacial score (nSPS) is 13.3. The molecule has 1 aliphatic rings. The summed E-state index contributed by atoms with van der Waals surface area (Å²) in [6, 6.07) is 6.03. The number of carbonyl (C=O) groups is 1. The lowest BCUT2D eigenvalue weighted by molar-refractivity contribution is -0.670. The Hall–Kier alpha value is -2.69. The monoisotopic (exact) mass is 352 g/mol. The molecule has 26 heavy (non-hydrogen) atoms. The number of ether oxygens (including phenoxy) is 1. The third-order valence-electron chi connectivity index (χ3n) is 4.64. The van der Waals surface area contributed by atoms with Crippen LogP contribution in [-0.4, -0.2) is 23.0 Å². The van der Waals surface area contributed by atoms with Gasteiger partial charge in [-0.3, -0.25) is 0 Å². The number of rotatable bonds is 3. The van der Waals surface area contributed by atoms with Gasteiger partial charge in [-0.05, 0) is 42.9 Å². The lowest BCUT2D eigenvalue weighted by atomic mass is 9.95. The van der Waals surface area contributed by atoms with E-state index in [1.54, 1.807) is 0 Å². The fourth-order valence-corrected chi connectivity index (χ4v) is 3.19. The predicted molar refractivity (Wildman–Crippen MR) is 102 cm³/mol. The molecule has 2 heterocycles. The Kier molecular flexibility index (Phi) is 5.07. The molecular weight excluding hydrogens is 326 g/mol. The Morgan fingerprint density at radius 2 is 2.04 bits per heavy atom. The lowest BCUT2D eigenvalue weighted by Gasteiger charge is -2.12. The molecule has 0 unspecified atom stereocenters. The number of nitrogens with one attached hydrogen (secondary N) is 1. The Morgan fingerprint density at radius 1 is 1.31 bits per heavy atom. The van der Waals surface area contributed by atoms with Crippen LogP contribution in [0.4, 0.5) is 0 Å². The van der Waals surface area contributed by atoms with E-state index in [0.717, 1.165) is 28.0 Å². The number of methoxy groups -OCH3 is 1. The third kappa shape index (κ3) is 3.34. The van der Waals surface area contributed by atoms with Crippen molar-refractivity contribution >= 4 is 17.0 Å². The fourth-order valence-electron chi connectivity index (χ4n) is 3.19. The van der Waals surface area contributed by atoms with Crippen LogP contribution in [0.5, 0.6) is 0 Å². The number of hydrogen-bond acceptors (Lipinski definition) is 3. The molecule has 0 spiro atoms. The average molecular weight is 352 g/mol. The topological polar surface area (TPSA) is 58.9 Å². The van der Waals surface area contributed by atoms with E-state index in [1.807, 2.05) is 56.9 Å².